The van der Waals surface area contributed by atoms with Crippen molar-refractivity contribution in [1.29, 1.82) is 0 Å². The molecule has 0 aromatic carbocycles. The van der Waals surface area contributed by atoms with Crippen molar-refractivity contribution >= 4 is 38.8 Å². The van der Waals surface area contributed by atoms with Gasteiger partial charge in [-0.15, -0.1) is 11.3 Å². The van der Waals surface area contributed by atoms with Gasteiger partial charge in [0.15, 0.2) is 5.13 Å². The Kier molecular flexibility index (Phi) is 10.5. The maximum Gasteiger partial charge on any atom is 0.410 e. The quantitative estimate of drug-likeness (QED) is 0.501. The first kappa shape index (κ1) is 31.9. The maximum absolute atomic E-state index is 13.7. The van der Waals surface area contributed by atoms with Crippen LogP contribution in [0.2, 0.25) is 0 Å². The Morgan fingerprint density at radius 3 is 2.24 bits per heavy atom. The molecule has 1 aromatic heterocycles. The lowest BCUT2D eigenvalue weighted by Crippen LogP contribution is -2.53. The van der Waals surface area contributed by atoms with E-state index in [1.54, 1.807) is 30.3 Å². The van der Waals surface area contributed by atoms with Crippen LogP contribution < -0.4 is 10.2 Å². The summed E-state index contributed by atoms with van der Waals surface area (Å²) in [5.74, 6) is 0. The number of nitrogens with one attached hydrogen (secondary N) is 1. The number of amides is 3. The average Bonchev–Trinajstić information content (AvgIpc) is 3.36. The molecular weight excluding hydrogens is 566 g/mol. The number of nitrogens with zero attached hydrogens (tertiary/aromatic N) is 6. The minimum atomic E-state index is -3.40. The molecule has 3 aliphatic rings. The highest BCUT2D eigenvalue weighted by Gasteiger charge is 2.33. The van der Waals surface area contributed by atoms with Crippen molar-refractivity contribution in [3.8, 4) is 0 Å². The lowest BCUT2D eigenvalue weighted by Gasteiger charge is -2.36. The minimum Gasteiger partial charge on any atom is -0.444 e. The number of hydrogen-bond donors (Lipinski definition) is 1. The van der Waals surface area contributed by atoms with Crippen molar-refractivity contribution in [3.05, 3.63) is 11.1 Å². The van der Waals surface area contributed by atoms with E-state index in [0.29, 0.717) is 63.8 Å². The number of piperazine rings is 1. The van der Waals surface area contributed by atoms with Gasteiger partial charge < -0.3 is 15.0 Å². The number of piperidine rings is 1. The van der Waals surface area contributed by atoms with Crippen molar-refractivity contribution in [2.75, 3.05) is 58.3 Å². The molecular formula is C27H47N7O5S2. The standard InChI is InChI=1S/C27H47N7O5S2/c1-27(2,3)39-26(36)32-13-11-21(12-14-32)29-24(35)34(22-9-7-6-8-10-22)25-28-19-23(40-25)20-31-15-17-33(18-16-31)41(37,38)30(4)5/h19,21-22H,6-18,20H2,1-5H3,(H,29,35). The maximum atomic E-state index is 13.7. The van der Waals surface area contributed by atoms with Gasteiger partial charge in [0.05, 0.1) is 0 Å². The van der Waals surface area contributed by atoms with Crippen LogP contribution in [0.15, 0.2) is 6.20 Å². The summed E-state index contributed by atoms with van der Waals surface area (Å²) in [7, 11) is -0.284. The number of ether oxygens (including phenoxy) is 1. The summed E-state index contributed by atoms with van der Waals surface area (Å²) >= 11 is 1.54. The molecule has 232 valence electrons. The van der Waals surface area contributed by atoms with E-state index in [2.05, 4.69) is 10.2 Å². The van der Waals surface area contributed by atoms with Gasteiger partial charge in [0.2, 0.25) is 0 Å². The van der Waals surface area contributed by atoms with Crippen LogP contribution in [-0.4, -0.2) is 115 Å². The van der Waals surface area contributed by atoms with Gasteiger partial charge in [-0.1, -0.05) is 19.3 Å². The van der Waals surface area contributed by atoms with E-state index in [1.165, 1.54) is 15.0 Å². The second kappa shape index (κ2) is 13.5. The molecule has 0 atom stereocenters. The summed E-state index contributed by atoms with van der Waals surface area (Å²) in [5.41, 5.74) is -0.531. The fraction of sp³-hybridized carbons (Fsp3) is 0.815. The third kappa shape index (κ3) is 8.53. The zero-order valence-electron chi connectivity index (χ0n) is 25.2. The molecule has 1 aromatic rings. The zero-order valence-corrected chi connectivity index (χ0v) is 26.8. The first-order chi connectivity index (χ1) is 19.3. The van der Waals surface area contributed by atoms with Crippen molar-refractivity contribution in [1.82, 2.24) is 28.7 Å². The molecule has 0 spiro atoms. The van der Waals surface area contributed by atoms with Crippen LogP contribution in [-0.2, 0) is 21.5 Å². The number of carbonyl (C=O) groups excluding carboxylic acids is 2. The van der Waals surface area contributed by atoms with Gasteiger partial charge in [-0.05, 0) is 46.5 Å². The molecule has 3 heterocycles. The molecule has 14 heteroatoms. The van der Waals surface area contributed by atoms with Gasteiger partial charge >= 0.3 is 12.1 Å². The number of carbonyl (C=O) groups is 2. The first-order valence-corrected chi connectivity index (χ1v) is 17.0. The van der Waals surface area contributed by atoms with Crippen LogP contribution in [0.1, 0.15) is 70.6 Å². The number of urea groups is 1. The Morgan fingerprint density at radius 2 is 1.66 bits per heavy atom. The molecule has 1 aliphatic carbocycles. The van der Waals surface area contributed by atoms with Gasteiger partial charge in [0, 0.05) is 83.1 Å². The van der Waals surface area contributed by atoms with Gasteiger partial charge in [-0.25, -0.2) is 14.6 Å². The molecule has 1 N–H and O–H groups in total. The van der Waals surface area contributed by atoms with Crippen molar-refractivity contribution in [3.63, 3.8) is 0 Å². The van der Waals surface area contributed by atoms with Crippen LogP contribution in [0.25, 0.3) is 0 Å². The highest BCUT2D eigenvalue weighted by Crippen LogP contribution is 2.32. The highest BCUT2D eigenvalue weighted by molar-refractivity contribution is 7.86. The fourth-order valence-electron chi connectivity index (χ4n) is 5.58. The average molecular weight is 614 g/mol. The Hall–Kier alpha value is -2.00. The van der Waals surface area contributed by atoms with Gasteiger partial charge in [0.25, 0.3) is 10.2 Å². The summed E-state index contributed by atoms with van der Waals surface area (Å²) in [5, 5.41) is 3.95. The Balaban J connectivity index is 1.35. The van der Waals surface area contributed by atoms with Crippen molar-refractivity contribution in [2.24, 2.45) is 0 Å². The van der Waals surface area contributed by atoms with Gasteiger partial charge in [-0.3, -0.25) is 9.80 Å². The third-order valence-electron chi connectivity index (χ3n) is 7.88. The van der Waals surface area contributed by atoms with Crippen LogP contribution in [0.5, 0.6) is 0 Å². The molecule has 4 rings (SSSR count). The normalized spacial score (nSPS) is 20.8. The van der Waals surface area contributed by atoms with Gasteiger partial charge in [0.1, 0.15) is 5.60 Å². The number of likely N-dealkylation sites (tertiary alicyclic amines) is 1. The number of thiazole rings is 1. The largest absolute Gasteiger partial charge is 0.444 e. The molecule has 12 nitrogen and oxygen atoms in total. The summed E-state index contributed by atoms with van der Waals surface area (Å²) in [4.78, 5) is 37.7. The van der Waals surface area contributed by atoms with E-state index in [1.807, 2.05) is 31.9 Å². The van der Waals surface area contributed by atoms with Crippen LogP contribution >= 0.6 is 11.3 Å². The molecule has 0 bridgehead atoms. The molecule has 0 radical (unpaired) electrons. The van der Waals surface area contributed by atoms with Crippen LogP contribution in [0.3, 0.4) is 0 Å². The summed E-state index contributed by atoms with van der Waals surface area (Å²) in [6.07, 6.45) is 8.22. The number of hydrogen-bond acceptors (Lipinski definition) is 8. The minimum absolute atomic E-state index is 0.0125. The van der Waals surface area contributed by atoms with Crippen LogP contribution in [0, 0.1) is 0 Å². The summed E-state index contributed by atoms with van der Waals surface area (Å²) < 4.78 is 33.2. The molecule has 3 fully saturated rings. The van der Waals surface area contributed by atoms with E-state index in [4.69, 9.17) is 9.72 Å². The van der Waals surface area contributed by atoms with E-state index in [9.17, 15) is 18.0 Å². The number of rotatable bonds is 7. The lowest BCUT2D eigenvalue weighted by atomic mass is 9.94. The molecule has 41 heavy (non-hydrogen) atoms. The summed E-state index contributed by atoms with van der Waals surface area (Å²) in [6.45, 7) is 9.57. The van der Waals surface area contributed by atoms with E-state index >= 15 is 0 Å². The Bertz CT molecular complexity index is 1130. The molecule has 3 amide bonds. The summed E-state index contributed by atoms with van der Waals surface area (Å²) in [6, 6.07) is -0.0122. The van der Waals surface area contributed by atoms with Crippen molar-refractivity contribution in [2.45, 2.75) is 89.9 Å². The monoisotopic (exact) mass is 613 g/mol. The highest BCUT2D eigenvalue weighted by atomic mass is 32.2. The molecule has 1 saturated carbocycles. The smallest absolute Gasteiger partial charge is 0.410 e. The second-order valence-electron chi connectivity index (χ2n) is 12.4. The molecule has 2 saturated heterocycles. The Morgan fingerprint density at radius 1 is 1.02 bits per heavy atom. The van der Waals surface area contributed by atoms with Crippen LogP contribution in [0.4, 0.5) is 14.7 Å². The second-order valence-corrected chi connectivity index (χ2v) is 15.7. The zero-order chi connectivity index (χ0) is 29.8. The first-order valence-electron chi connectivity index (χ1n) is 14.8. The van der Waals surface area contributed by atoms with E-state index < -0.39 is 15.8 Å². The van der Waals surface area contributed by atoms with Gasteiger partial charge in [-0.2, -0.15) is 17.0 Å². The van der Waals surface area contributed by atoms with Crippen molar-refractivity contribution < 1.29 is 22.7 Å². The number of anilines is 1. The topological polar surface area (TPSA) is 119 Å². The van der Waals surface area contributed by atoms with E-state index in [0.717, 1.165) is 30.6 Å². The SMILES string of the molecule is CN(C)S(=O)(=O)N1CCN(Cc2cnc(N(C(=O)NC3CCN(C(=O)OC(C)(C)C)CC3)C3CCCCC3)s2)CC1. The van der Waals surface area contributed by atoms with E-state index in [-0.39, 0.29) is 24.2 Å². The lowest BCUT2D eigenvalue weighted by molar-refractivity contribution is 0.0201. The predicted octanol–water partition coefficient (Wildman–Crippen LogP) is 3.32. The fourth-order valence-corrected chi connectivity index (χ4v) is 7.69. The third-order valence-corrected chi connectivity index (χ3v) is 10.8. The molecule has 2 aliphatic heterocycles. The predicted molar refractivity (Wildman–Crippen MR) is 160 cm³/mol. The molecule has 0 unspecified atom stereocenters. The number of aromatic nitrogens is 1. The Labute approximate surface area is 249 Å².